The Morgan fingerprint density at radius 3 is 2.07 bits per heavy atom. The lowest BCUT2D eigenvalue weighted by molar-refractivity contribution is -0.120. The minimum Gasteiger partial charge on any atom is -0.322 e. The zero-order valence-corrected chi connectivity index (χ0v) is 16.3. The molecule has 0 aromatic heterocycles. The molecule has 144 valence electrons. The maximum Gasteiger partial charge on any atom is 0.282 e. The Hall–Kier alpha value is -2.93. The molecule has 0 atom stereocenters. The van der Waals surface area contributed by atoms with E-state index in [0.717, 1.165) is 22.2 Å². The van der Waals surface area contributed by atoms with Gasteiger partial charge in [0, 0.05) is 6.54 Å². The van der Waals surface area contributed by atoms with Crippen molar-refractivity contribution in [3.63, 3.8) is 0 Å². The first-order valence-electron chi connectivity index (χ1n) is 8.93. The van der Waals surface area contributed by atoms with Crippen molar-refractivity contribution >= 4 is 34.6 Å². The molecule has 0 aliphatic carbocycles. The molecule has 0 N–H and O–H groups in total. The Kier molecular flexibility index (Phi) is 6.26. The molecule has 1 heterocycles. The summed E-state index contributed by atoms with van der Waals surface area (Å²) in [4.78, 5) is 52.3. The van der Waals surface area contributed by atoms with Crippen LogP contribution in [0, 0.1) is 0 Å². The van der Waals surface area contributed by atoms with E-state index in [0.29, 0.717) is 23.4 Å². The average molecular weight is 396 g/mol. The van der Waals surface area contributed by atoms with Crippen LogP contribution in [-0.4, -0.2) is 51.5 Å². The molecule has 3 rings (SSSR count). The number of fused-ring (bicyclic) bond motifs is 1. The summed E-state index contributed by atoms with van der Waals surface area (Å²) in [5.41, 5.74) is 1.51. The van der Waals surface area contributed by atoms with Crippen LogP contribution in [0.5, 0.6) is 0 Å². The number of carbonyl (C=O) groups is 4. The fourth-order valence-electron chi connectivity index (χ4n) is 3.03. The fraction of sp³-hybridized carbons (Fsp3) is 0.238. The molecule has 1 aliphatic rings. The van der Waals surface area contributed by atoms with Gasteiger partial charge in [-0.3, -0.25) is 24.1 Å². The van der Waals surface area contributed by atoms with Crippen LogP contribution in [0.25, 0.3) is 0 Å². The van der Waals surface area contributed by atoms with Crippen molar-refractivity contribution in [2.24, 2.45) is 0 Å². The molecule has 28 heavy (non-hydrogen) atoms. The Balaban J connectivity index is 1.69. The van der Waals surface area contributed by atoms with Crippen LogP contribution >= 0.6 is 11.8 Å². The highest BCUT2D eigenvalue weighted by molar-refractivity contribution is 8.13. The number of ketones is 1. The van der Waals surface area contributed by atoms with Crippen molar-refractivity contribution in [2.75, 3.05) is 18.8 Å². The van der Waals surface area contributed by atoms with E-state index in [1.54, 1.807) is 24.3 Å². The van der Waals surface area contributed by atoms with Crippen molar-refractivity contribution in [1.82, 2.24) is 9.80 Å². The van der Waals surface area contributed by atoms with Gasteiger partial charge in [-0.05, 0) is 23.4 Å². The van der Waals surface area contributed by atoms with Gasteiger partial charge >= 0.3 is 0 Å². The van der Waals surface area contributed by atoms with Crippen LogP contribution in [0.4, 0.5) is 4.79 Å². The van der Waals surface area contributed by atoms with Crippen LogP contribution in [0.3, 0.4) is 0 Å². The van der Waals surface area contributed by atoms with E-state index < -0.39 is 11.8 Å². The van der Waals surface area contributed by atoms with Gasteiger partial charge in [0.05, 0.1) is 24.2 Å². The van der Waals surface area contributed by atoms with Gasteiger partial charge in [-0.15, -0.1) is 0 Å². The van der Waals surface area contributed by atoms with Gasteiger partial charge in [-0.1, -0.05) is 61.2 Å². The smallest absolute Gasteiger partial charge is 0.282 e. The van der Waals surface area contributed by atoms with Crippen molar-refractivity contribution in [3.8, 4) is 0 Å². The molecule has 2 aromatic carbocycles. The first-order chi connectivity index (χ1) is 13.5. The van der Waals surface area contributed by atoms with E-state index in [2.05, 4.69) is 0 Å². The third-order valence-corrected chi connectivity index (χ3v) is 5.12. The standard InChI is InChI=1S/C21H20N2O4S/c1-2-28-21(27)22(12-15-8-4-3-5-9-15)13-16(24)14-23-19(25)17-10-6-7-11-18(17)20(23)26/h3-11H,2,12-14H2,1H3. The zero-order chi connectivity index (χ0) is 20.1. The molecule has 0 spiro atoms. The lowest BCUT2D eigenvalue weighted by atomic mass is 10.1. The highest BCUT2D eigenvalue weighted by Crippen LogP contribution is 2.22. The van der Waals surface area contributed by atoms with Crippen LogP contribution < -0.4 is 0 Å². The molecule has 7 heteroatoms. The number of thioether (sulfide) groups is 1. The summed E-state index contributed by atoms with van der Waals surface area (Å²) >= 11 is 1.12. The number of nitrogens with zero attached hydrogens (tertiary/aromatic N) is 2. The van der Waals surface area contributed by atoms with Gasteiger partial charge in [-0.25, -0.2) is 0 Å². The number of imide groups is 1. The van der Waals surface area contributed by atoms with Crippen molar-refractivity contribution in [2.45, 2.75) is 13.5 Å². The van der Waals surface area contributed by atoms with Crippen molar-refractivity contribution in [3.05, 3.63) is 71.3 Å². The predicted molar refractivity (Wildman–Crippen MR) is 107 cm³/mol. The number of hydrogen-bond acceptors (Lipinski definition) is 5. The number of Topliss-reactive ketones (excluding diaryl/α,β-unsaturated/α-hetero) is 1. The number of rotatable bonds is 7. The Morgan fingerprint density at radius 1 is 0.929 bits per heavy atom. The van der Waals surface area contributed by atoms with E-state index in [9.17, 15) is 19.2 Å². The molecule has 0 saturated heterocycles. The molecule has 0 saturated carbocycles. The third-order valence-electron chi connectivity index (χ3n) is 4.32. The molecule has 3 amide bonds. The monoisotopic (exact) mass is 396 g/mol. The summed E-state index contributed by atoms with van der Waals surface area (Å²) in [7, 11) is 0. The number of hydrogen-bond donors (Lipinski definition) is 0. The van der Waals surface area contributed by atoms with Crippen LogP contribution in [0.2, 0.25) is 0 Å². The Bertz CT molecular complexity index is 879. The quantitative estimate of drug-likeness (QED) is 0.672. The first-order valence-corrected chi connectivity index (χ1v) is 9.92. The second kappa shape index (κ2) is 8.84. The minimum absolute atomic E-state index is 0.159. The Morgan fingerprint density at radius 2 is 1.50 bits per heavy atom. The lowest BCUT2D eigenvalue weighted by Gasteiger charge is -2.22. The van der Waals surface area contributed by atoms with Gasteiger partial charge in [0.25, 0.3) is 17.1 Å². The molecule has 2 aromatic rings. The summed E-state index contributed by atoms with van der Waals surface area (Å²) in [6.07, 6.45) is 0. The van der Waals surface area contributed by atoms with Crippen molar-refractivity contribution in [1.29, 1.82) is 0 Å². The molecule has 0 unspecified atom stereocenters. The number of amides is 3. The van der Waals surface area contributed by atoms with Crippen LogP contribution in [-0.2, 0) is 11.3 Å². The van der Waals surface area contributed by atoms with Gasteiger partial charge in [0.2, 0.25) is 0 Å². The maximum absolute atomic E-state index is 12.6. The van der Waals surface area contributed by atoms with Gasteiger partial charge in [0.15, 0.2) is 5.78 Å². The molecular formula is C21H20N2O4S. The largest absolute Gasteiger partial charge is 0.322 e. The fourth-order valence-corrected chi connectivity index (χ4v) is 3.58. The summed E-state index contributed by atoms with van der Waals surface area (Å²) in [6.45, 7) is 1.65. The summed E-state index contributed by atoms with van der Waals surface area (Å²) in [6, 6.07) is 15.9. The summed E-state index contributed by atoms with van der Waals surface area (Å²) in [5, 5.41) is -0.206. The molecule has 0 fully saturated rings. The zero-order valence-electron chi connectivity index (χ0n) is 15.5. The van der Waals surface area contributed by atoms with E-state index in [1.807, 2.05) is 37.3 Å². The van der Waals surface area contributed by atoms with Gasteiger partial charge in [0.1, 0.15) is 0 Å². The van der Waals surface area contributed by atoms with E-state index in [1.165, 1.54) is 4.90 Å². The average Bonchev–Trinajstić information content (AvgIpc) is 2.94. The van der Waals surface area contributed by atoms with Crippen molar-refractivity contribution < 1.29 is 19.2 Å². The lowest BCUT2D eigenvalue weighted by Crippen LogP contribution is -2.40. The topological polar surface area (TPSA) is 74.8 Å². The molecule has 1 aliphatic heterocycles. The molecule has 0 bridgehead atoms. The molecular weight excluding hydrogens is 376 g/mol. The van der Waals surface area contributed by atoms with Crippen LogP contribution in [0.15, 0.2) is 54.6 Å². The highest BCUT2D eigenvalue weighted by Gasteiger charge is 2.36. The van der Waals surface area contributed by atoms with E-state index in [-0.39, 0.29) is 24.1 Å². The maximum atomic E-state index is 12.6. The number of carbonyl (C=O) groups excluding carboxylic acids is 4. The second-order valence-electron chi connectivity index (χ2n) is 6.32. The van der Waals surface area contributed by atoms with E-state index in [4.69, 9.17) is 0 Å². The Labute approximate surface area is 167 Å². The number of benzene rings is 2. The highest BCUT2D eigenvalue weighted by atomic mass is 32.2. The van der Waals surface area contributed by atoms with Gasteiger partial charge < -0.3 is 4.90 Å². The first kappa shape index (κ1) is 19.8. The summed E-state index contributed by atoms with van der Waals surface area (Å²) in [5.74, 6) is -0.720. The molecule has 0 radical (unpaired) electrons. The van der Waals surface area contributed by atoms with Crippen LogP contribution in [0.1, 0.15) is 33.2 Å². The normalized spacial score (nSPS) is 12.8. The minimum atomic E-state index is -0.474. The SMILES string of the molecule is CCSC(=O)N(CC(=O)CN1C(=O)c2ccccc2C1=O)Cc1ccccc1. The van der Waals surface area contributed by atoms with Gasteiger partial charge in [-0.2, -0.15) is 0 Å². The van der Waals surface area contributed by atoms with E-state index >= 15 is 0 Å². The summed E-state index contributed by atoms with van der Waals surface area (Å²) < 4.78 is 0. The predicted octanol–water partition coefficient (Wildman–Crippen LogP) is 3.23. The molecule has 6 nitrogen and oxygen atoms in total. The second-order valence-corrected chi connectivity index (χ2v) is 7.54. The third kappa shape index (κ3) is 4.31.